The maximum absolute atomic E-state index is 13.4. The van der Waals surface area contributed by atoms with Gasteiger partial charge >= 0.3 is 0 Å². The highest BCUT2D eigenvalue weighted by Crippen LogP contribution is 2.38. The number of carbonyl (C=O) groups excluding carboxylic acids is 1. The van der Waals surface area contributed by atoms with Crippen LogP contribution in [0.4, 0.5) is 10.2 Å². The number of aromatic nitrogens is 3. The van der Waals surface area contributed by atoms with E-state index in [1.807, 2.05) is 18.2 Å². The van der Waals surface area contributed by atoms with Crippen LogP contribution in [-0.4, -0.2) is 32.1 Å². The lowest BCUT2D eigenvalue weighted by Crippen LogP contribution is -2.18. The van der Waals surface area contributed by atoms with E-state index in [1.165, 1.54) is 12.1 Å². The summed E-state index contributed by atoms with van der Waals surface area (Å²) < 4.78 is 13.4. The Morgan fingerprint density at radius 3 is 2.52 bits per heavy atom. The van der Waals surface area contributed by atoms with Crippen molar-refractivity contribution in [2.45, 2.75) is 19.4 Å². The first kappa shape index (κ1) is 18.8. The predicted octanol–water partition coefficient (Wildman–Crippen LogP) is 4.14. The molecule has 7 heteroatoms. The normalized spacial score (nSPS) is 12.1. The number of H-pyrrole nitrogens is 1. The number of pyridine rings is 2. The number of aliphatic hydroxyl groups is 1. The summed E-state index contributed by atoms with van der Waals surface area (Å²) in [6.07, 6.45) is 2.68. The number of rotatable bonds is 5. The number of amides is 1. The van der Waals surface area contributed by atoms with Crippen LogP contribution in [-0.2, 0) is 4.79 Å². The predicted molar refractivity (Wildman–Crippen MR) is 110 cm³/mol. The molecule has 29 heavy (non-hydrogen) atoms. The van der Waals surface area contributed by atoms with Crippen molar-refractivity contribution in [1.82, 2.24) is 15.0 Å². The number of carbonyl (C=O) groups is 1. The Balaban J connectivity index is 1.82. The van der Waals surface area contributed by atoms with Crippen LogP contribution >= 0.6 is 0 Å². The molecule has 1 atom stereocenters. The smallest absolute Gasteiger partial charge is 0.228 e. The fourth-order valence-corrected chi connectivity index (χ4v) is 3.26. The summed E-state index contributed by atoms with van der Waals surface area (Å²) in [5, 5.41) is 12.9. The summed E-state index contributed by atoms with van der Waals surface area (Å²) in [6, 6.07) is 13.6. The number of aliphatic hydroxyl groups excluding tert-OH is 1. The third-order valence-corrected chi connectivity index (χ3v) is 4.51. The molecule has 0 saturated carbocycles. The zero-order chi connectivity index (χ0) is 20.4. The molecule has 0 bridgehead atoms. The highest BCUT2D eigenvalue weighted by Gasteiger charge is 2.17. The SMILES string of the molecule is CC(O)CC(=O)Nc1ccc2c(-c3ccncc3)c(-c3ccc(F)cc3)[nH]c2n1. The number of halogens is 1. The zero-order valence-electron chi connectivity index (χ0n) is 15.7. The van der Waals surface area contributed by atoms with Gasteiger partial charge in [0.15, 0.2) is 0 Å². The number of benzene rings is 1. The Hall–Kier alpha value is -3.58. The molecule has 6 nitrogen and oxygen atoms in total. The van der Waals surface area contributed by atoms with Crippen LogP contribution in [0.15, 0.2) is 60.9 Å². The van der Waals surface area contributed by atoms with Crippen molar-refractivity contribution in [2.24, 2.45) is 0 Å². The molecule has 0 spiro atoms. The van der Waals surface area contributed by atoms with Crippen LogP contribution in [0.5, 0.6) is 0 Å². The Morgan fingerprint density at radius 2 is 1.83 bits per heavy atom. The molecule has 1 unspecified atom stereocenters. The molecule has 146 valence electrons. The molecule has 4 rings (SSSR count). The first-order chi connectivity index (χ1) is 14.0. The summed E-state index contributed by atoms with van der Waals surface area (Å²) in [7, 11) is 0. The molecule has 0 radical (unpaired) electrons. The first-order valence-corrected chi connectivity index (χ1v) is 9.18. The van der Waals surface area contributed by atoms with Gasteiger partial charge < -0.3 is 15.4 Å². The monoisotopic (exact) mass is 390 g/mol. The summed E-state index contributed by atoms with van der Waals surface area (Å²) in [5.41, 5.74) is 4.06. The third-order valence-electron chi connectivity index (χ3n) is 4.51. The van der Waals surface area contributed by atoms with Gasteiger partial charge in [-0.15, -0.1) is 0 Å². The van der Waals surface area contributed by atoms with Gasteiger partial charge in [0.1, 0.15) is 17.3 Å². The summed E-state index contributed by atoms with van der Waals surface area (Å²) in [4.78, 5) is 23.8. The molecule has 0 saturated heterocycles. The number of fused-ring (bicyclic) bond motifs is 1. The van der Waals surface area contributed by atoms with E-state index in [1.54, 1.807) is 37.5 Å². The number of hydrogen-bond acceptors (Lipinski definition) is 4. The van der Waals surface area contributed by atoms with Crippen molar-refractivity contribution in [3.05, 3.63) is 66.7 Å². The maximum atomic E-state index is 13.4. The lowest BCUT2D eigenvalue weighted by Gasteiger charge is -2.06. The van der Waals surface area contributed by atoms with Crippen molar-refractivity contribution >= 4 is 22.8 Å². The Labute approximate surface area is 166 Å². The fraction of sp³-hybridized carbons (Fsp3) is 0.136. The van der Waals surface area contributed by atoms with Crippen LogP contribution in [0.1, 0.15) is 13.3 Å². The second-order valence-corrected chi connectivity index (χ2v) is 6.81. The molecule has 3 heterocycles. The third kappa shape index (κ3) is 4.00. The molecular weight excluding hydrogens is 371 g/mol. The number of nitrogens with zero attached hydrogens (tertiary/aromatic N) is 2. The van der Waals surface area contributed by atoms with Gasteiger partial charge in [0, 0.05) is 23.3 Å². The van der Waals surface area contributed by atoms with Crippen LogP contribution in [0.3, 0.4) is 0 Å². The van der Waals surface area contributed by atoms with Crippen LogP contribution < -0.4 is 5.32 Å². The molecular formula is C22H19FN4O2. The fourth-order valence-electron chi connectivity index (χ4n) is 3.26. The Bertz CT molecular complexity index is 1150. The number of nitrogens with one attached hydrogen (secondary N) is 2. The van der Waals surface area contributed by atoms with Crippen molar-refractivity contribution in [2.75, 3.05) is 5.32 Å². The molecule has 1 aromatic carbocycles. The van der Waals surface area contributed by atoms with Crippen molar-refractivity contribution in [3.8, 4) is 22.4 Å². The highest BCUT2D eigenvalue weighted by molar-refractivity contribution is 6.03. The zero-order valence-corrected chi connectivity index (χ0v) is 15.7. The van der Waals surface area contributed by atoms with Crippen molar-refractivity contribution in [3.63, 3.8) is 0 Å². The lowest BCUT2D eigenvalue weighted by atomic mass is 10.00. The summed E-state index contributed by atoms with van der Waals surface area (Å²) in [6.45, 7) is 1.55. The Morgan fingerprint density at radius 1 is 1.10 bits per heavy atom. The number of anilines is 1. The maximum Gasteiger partial charge on any atom is 0.228 e. The molecule has 4 aromatic rings. The average molecular weight is 390 g/mol. The van der Waals surface area contributed by atoms with Gasteiger partial charge in [-0.3, -0.25) is 9.78 Å². The number of hydrogen-bond donors (Lipinski definition) is 3. The molecule has 3 N–H and O–H groups in total. The van der Waals surface area contributed by atoms with Crippen LogP contribution in [0.2, 0.25) is 0 Å². The van der Waals surface area contributed by atoms with Gasteiger partial charge in [0.25, 0.3) is 0 Å². The summed E-state index contributed by atoms with van der Waals surface area (Å²) in [5.74, 6) is -0.237. The van der Waals surface area contributed by atoms with E-state index in [-0.39, 0.29) is 18.1 Å². The van der Waals surface area contributed by atoms with Crippen LogP contribution in [0, 0.1) is 5.82 Å². The highest BCUT2D eigenvalue weighted by atomic mass is 19.1. The summed E-state index contributed by atoms with van der Waals surface area (Å²) >= 11 is 0. The van der Waals surface area contributed by atoms with E-state index in [2.05, 4.69) is 20.3 Å². The van der Waals surface area contributed by atoms with Gasteiger partial charge in [-0.25, -0.2) is 9.37 Å². The quantitative estimate of drug-likeness (QED) is 0.478. The van der Waals surface area contributed by atoms with Gasteiger partial charge in [0.2, 0.25) is 5.91 Å². The molecule has 0 fully saturated rings. The minimum atomic E-state index is -0.729. The first-order valence-electron chi connectivity index (χ1n) is 9.18. The second kappa shape index (κ2) is 7.81. The van der Waals surface area contributed by atoms with E-state index in [9.17, 15) is 14.3 Å². The van der Waals surface area contributed by atoms with E-state index in [4.69, 9.17) is 0 Å². The van der Waals surface area contributed by atoms with Gasteiger partial charge in [-0.05, 0) is 66.6 Å². The molecule has 1 amide bonds. The Kier molecular flexibility index (Phi) is 5.05. The molecule has 0 aliphatic rings. The van der Waals surface area contributed by atoms with E-state index in [0.717, 1.165) is 27.8 Å². The minimum absolute atomic E-state index is 0.00641. The average Bonchev–Trinajstić information content (AvgIpc) is 3.07. The molecule has 0 aliphatic carbocycles. The molecule has 0 aliphatic heterocycles. The lowest BCUT2D eigenvalue weighted by molar-refractivity contribution is -0.117. The van der Waals surface area contributed by atoms with E-state index in [0.29, 0.717) is 11.5 Å². The van der Waals surface area contributed by atoms with Gasteiger partial charge in [-0.2, -0.15) is 0 Å². The number of aromatic amines is 1. The largest absolute Gasteiger partial charge is 0.393 e. The van der Waals surface area contributed by atoms with Gasteiger partial charge in [-0.1, -0.05) is 0 Å². The van der Waals surface area contributed by atoms with E-state index < -0.39 is 6.10 Å². The standard InChI is InChI=1S/C22H19FN4O2/c1-13(28)12-19(29)25-18-7-6-17-20(14-8-10-24-11-9-14)21(27-22(17)26-18)15-2-4-16(23)5-3-15/h2-11,13,28H,12H2,1H3,(H2,25,26,27,29). The van der Waals surface area contributed by atoms with Crippen molar-refractivity contribution < 1.29 is 14.3 Å². The van der Waals surface area contributed by atoms with Crippen LogP contribution in [0.25, 0.3) is 33.4 Å². The van der Waals surface area contributed by atoms with Gasteiger partial charge in [0.05, 0.1) is 18.2 Å². The second-order valence-electron chi connectivity index (χ2n) is 6.81. The van der Waals surface area contributed by atoms with E-state index >= 15 is 0 Å². The molecule has 3 aromatic heterocycles. The topological polar surface area (TPSA) is 90.9 Å². The minimum Gasteiger partial charge on any atom is -0.393 e. The van der Waals surface area contributed by atoms with Crippen molar-refractivity contribution in [1.29, 1.82) is 0 Å².